The first-order chi connectivity index (χ1) is 17.8. The molecule has 0 spiro atoms. The minimum absolute atomic E-state index is 0.00957. The third-order valence-corrected chi connectivity index (χ3v) is 5.34. The number of ether oxygens (including phenoxy) is 3. The number of hydrogen-bond donors (Lipinski definition) is 3. The van der Waals surface area contributed by atoms with Gasteiger partial charge in [-0.15, -0.1) is 0 Å². The lowest BCUT2D eigenvalue weighted by atomic mass is 10.2. The van der Waals surface area contributed by atoms with Crippen LogP contribution in [0.1, 0.15) is 22.8 Å². The van der Waals surface area contributed by atoms with E-state index in [1.54, 1.807) is 30.3 Å². The minimum Gasteiger partial charge on any atom is -0.507 e. The number of Topliss-reactive ketones (excluding diaryl/α,β-unsaturated/α-hetero) is 1. The number of aromatic hydroxyl groups is 1. The molecule has 37 heavy (non-hydrogen) atoms. The second-order valence-electron chi connectivity index (χ2n) is 8.54. The Labute approximate surface area is 216 Å². The molecule has 9 nitrogen and oxygen atoms in total. The van der Waals surface area contributed by atoms with Gasteiger partial charge in [0.1, 0.15) is 48.9 Å². The number of ketones is 1. The molecule has 3 aromatic carbocycles. The fraction of sp³-hybridized carbons (Fsp3) is 0.286. The third-order valence-electron chi connectivity index (χ3n) is 5.34. The van der Waals surface area contributed by atoms with Crippen molar-refractivity contribution >= 4 is 11.7 Å². The van der Waals surface area contributed by atoms with Crippen LogP contribution in [0.25, 0.3) is 0 Å². The highest BCUT2D eigenvalue weighted by atomic mass is 16.5. The maximum absolute atomic E-state index is 11.5. The second kappa shape index (κ2) is 13.9. The fourth-order valence-corrected chi connectivity index (χ4v) is 3.53. The molecule has 0 saturated heterocycles. The molecule has 1 unspecified atom stereocenters. The van der Waals surface area contributed by atoms with E-state index >= 15 is 0 Å². The van der Waals surface area contributed by atoms with E-state index in [2.05, 4.69) is 0 Å². The van der Waals surface area contributed by atoms with Gasteiger partial charge in [0.25, 0.3) is 5.91 Å². The molecule has 0 heterocycles. The van der Waals surface area contributed by atoms with Crippen molar-refractivity contribution in [2.45, 2.75) is 19.6 Å². The zero-order valence-corrected chi connectivity index (χ0v) is 20.7. The van der Waals surface area contributed by atoms with Crippen LogP contribution >= 0.6 is 0 Å². The monoisotopic (exact) mass is 508 g/mol. The molecule has 0 fully saturated rings. The van der Waals surface area contributed by atoms with Gasteiger partial charge >= 0.3 is 0 Å². The van der Waals surface area contributed by atoms with Gasteiger partial charge in [0, 0.05) is 19.6 Å². The molecule has 3 aromatic rings. The summed E-state index contributed by atoms with van der Waals surface area (Å²) in [4.78, 5) is 24.5. The lowest BCUT2D eigenvalue weighted by molar-refractivity contribution is -0.118. The van der Waals surface area contributed by atoms with Crippen molar-refractivity contribution in [1.29, 1.82) is 0 Å². The van der Waals surface area contributed by atoms with Crippen LogP contribution in [0.5, 0.6) is 23.0 Å². The number of rotatable bonds is 15. The predicted molar refractivity (Wildman–Crippen MR) is 138 cm³/mol. The van der Waals surface area contributed by atoms with Crippen molar-refractivity contribution in [2.75, 3.05) is 32.9 Å². The number of carbonyl (C=O) groups is 2. The summed E-state index contributed by atoms with van der Waals surface area (Å²) in [6, 6.07) is 21.0. The maximum atomic E-state index is 11.5. The molecule has 4 N–H and O–H groups in total. The smallest absolute Gasteiger partial charge is 0.252 e. The average Bonchev–Trinajstić information content (AvgIpc) is 2.88. The van der Waals surface area contributed by atoms with E-state index in [1.165, 1.54) is 19.1 Å². The predicted octanol–water partition coefficient (Wildman–Crippen LogP) is 2.78. The van der Waals surface area contributed by atoms with Crippen LogP contribution in [0.4, 0.5) is 0 Å². The molecule has 0 radical (unpaired) electrons. The molecule has 1 atom stereocenters. The fourth-order valence-electron chi connectivity index (χ4n) is 3.53. The van der Waals surface area contributed by atoms with E-state index < -0.39 is 12.0 Å². The highest BCUT2D eigenvalue weighted by molar-refractivity contribution is 5.95. The summed E-state index contributed by atoms with van der Waals surface area (Å²) in [5.41, 5.74) is 6.35. The number of phenols is 1. The minimum atomic E-state index is -0.771. The number of hydrogen-bond acceptors (Lipinski definition) is 8. The van der Waals surface area contributed by atoms with Gasteiger partial charge in [-0.05, 0) is 55.0 Å². The van der Waals surface area contributed by atoms with E-state index in [4.69, 9.17) is 19.9 Å². The van der Waals surface area contributed by atoms with Gasteiger partial charge in [0.2, 0.25) is 0 Å². The number of amides is 1. The van der Waals surface area contributed by atoms with Gasteiger partial charge < -0.3 is 30.2 Å². The Balaban J connectivity index is 1.54. The molecule has 0 aromatic heterocycles. The summed E-state index contributed by atoms with van der Waals surface area (Å²) in [5.74, 6) is 0.540. The molecular weight excluding hydrogens is 476 g/mol. The topological polar surface area (TPSA) is 132 Å². The zero-order chi connectivity index (χ0) is 26.6. The summed E-state index contributed by atoms with van der Waals surface area (Å²) in [6.45, 7) is 3.25. The second-order valence-corrected chi connectivity index (χ2v) is 8.54. The Morgan fingerprint density at radius 2 is 1.57 bits per heavy atom. The van der Waals surface area contributed by atoms with Crippen LogP contribution in [-0.4, -0.2) is 65.8 Å². The third kappa shape index (κ3) is 9.47. The number of primary amides is 1. The van der Waals surface area contributed by atoms with Crippen LogP contribution in [0.15, 0.2) is 72.8 Å². The number of benzene rings is 3. The molecule has 3 rings (SSSR count). The van der Waals surface area contributed by atoms with Crippen molar-refractivity contribution in [3.05, 3.63) is 83.9 Å². The first-order valence-corrected chi connectivity index (χ1v) is 11.8. The van der Waals surface area contributed by atoms with Crippen molar-refractivity contribution in [3.63, 3.8) is 0 Å². The molecule has 0 aliphatic rings. The Morgan fingerprint density at radius 3 is 2.22 bits per heavy atom. The largest absolute Gasteiger partial charge is 0.507 e. The van der Waals surface area contributed by atoms with Gasteiger partial charge in [0.15, 0.2) is 5.78 Å². The quantitative estimate of drug-likeness (QED) is 0.286. The van der Waals surface area contributed by atoms with E-state index in [-0.39, 0.29) is 36.9 Å². The van der Waals surface area contributed by atoms with Crippen LogP contribution in [0.2, 0.25) is 0 Å². The van der Waals surface area contributed by atoms with Gasteiger partial charge in [-0.3, -0.25) is 14.5 Å². The lowest BCUT2D eigenvalue weighted by Gasteiger charge is -2.25. The van der Waals surface area contributed by atoms with E-state index in [9.17, 15) is 19.8 Å². The van der Waals surface area contributed by atoms with Crippen molar-refractivity contribution in [1.82, 2.24) is 4.90 Å². The zero-order valence-electron chi connectivity index (χ0n) is 20.7. The lowest BCUT2D eigenvalue weighted by Crippen LogP contribution is -2.37. The summed E-state index contributed by atoms with van der Waals surface area (Å²) in [6.07, 6.45) is -0.771. The van der Waals surface area contributed by atoms with Crippen molar-refractivity contribution in [3.8, 4) is 23.0 Å². The number of aliphatic hydroxyl groups is 1. The highest BCUT2D eigenvalue weighted by Gasteiger charge is 2.15. The average molecular weight is 509 g/mol. The molecular formula is C28H32N2O7. The molecule has 0 bridgehead atoms. The SMILES string of the molecule is CC(=O)COc1ccc(OCC(O)CN(CCOc2ccc(O)c(C(N)=O)c2)Cc2ccccc2)cc1. The van der Waals surface area contributed by atoms with Crippen LogP contribution < -0.4 is 19.9 Å². The number of aliphatic hydroxyl groups excluding tert-OH is 1. The van der Waals surface area contributed by atoms with Crippen LogP contribution in [0, 0.1) is 0 Å². The summed E-state index contributed by atoms with van der Waals surface area (Å²) < 4.78 is 16.8. The van der Waals surface area contributed by atoms with Gasteiger partial charge in [-0.1, -0.05) is 30.3 Å². The Morgan fingerprint density at radius 1 is 0.919 bits per heavy atom. The molecule has 0 aliphatic carbocycles. The standard InChI is InChI=1S/C28H32N2O7/c1-20(31)18-36-23-7-9-24(10-8-23)37-19-22(32)17-30(16-21-5-3-2-4-6-21)13-14-35-25-11-12-27(33)26(15-25)28(29)34/h2-12,15,22,32-33H,13-14,16-19H2,1H3,(H2,29,34). The first kappa shape index (κ1) is 27.5. The number of nitrogens with two attached hydrogens (primary N) is 1. The Bertz CT molecular complexity index is 1150. The number of carbonyl (C=O) groups excluding carboxylic acids is 2. The summed E-state index contributed by atoms with van der Waals surface area (Å²) >= 11 is 0. The normalized spacial score (nSPS) is 11.6. The van der Waals surface area contributed by atoms with Gasteiger partial charge in [-0.25, -0.2) is 0 Å². The molecule has 0 saturated carbocycles. The molecule has 9 heteroatoms. The van der Waals surface area contributed by atoms with Gasteiger partial charge in [0.05, 0.1) is 5.56 Å². The van der Waals surface area contributed by atoms with Gasteiger partial charge in [-0.2, -0.15) is 0 Å². The number of nitrogens with zero attached hydrogens (tertiary/aromatic N) is 1. The first-order valence-electron chi connectivity index (χ1n) is 11.8. The molecule has 196 valence electrons. The summed E-state index contributed by atoms with van der Waals surface area (Å²) in [7, 11) is 0. The molecule has 1 amide bonds. The highest BCUT2D eigenvalue weighted by Crippen LogP contribution is 2.22. The van der Waals surface area contributed by atoms with Crippen molar-refractivity contribution < 1.29 is 34.0 Å². The van der Waals surface area contributed by atoms with E-state index in [0.29, 0.717) is 36.9 Å². The maximum Gasteiger partial charge on any atom is 0.252 e. The summed E-state index contributed by atoms with van der Waals surface area (Å²) in [5, 5.41) is 20.4. The van der Waals surface area contributed by atoms with Crippen molar-refractivity contribution in [2.24, 2.45) is 5.73 Å². The Kier molecular flexibility index (Phi) is 10.3. The molecule has 0 aliphatic heterocycles. The Hall–Kier alpha value is -4.08. The van der Waals surface area contributed by atoms with E-state index in [0.717, 1.165) is 5.56 Å². The van der Waals surface area contributed by atoms with E-state index in [1.807, 2.05) is 35.2 Å². The van der Waals surface area contributed by atoms with Crippen LogP contribution in [0.3, 0.4) is 0 Å². The van der Waals surface area contributed by atoms with Crippen LogP contribution in [-0.2, 0) is 11.3 Å².